The monoisotopic (exact) mass is 404 g/mol. The summed E-state index contributed by atoms with van der Waals surface area (Å²) in [6.07, 6.45) is -0.928. The normalized spacial score (nSPS) is 29.5. The number of methoxy groups -OCH3 is 2. The maximum atomic E-state index is 9.75. The van der Waals surface area contributed by atoms with Crippen molar-refractivity contribution in [2.45, 2.75) is 43.6 Å². The molecule has 2 rings (SSSR count). The fourth-order valence-corrected chi connectivity index (χ4v) is 5.66. The molecule has 1 fully saturated rings. The molecule has 136 valence electrons. The van der Waals surface area contributed by atoms with Crippen LogP contribution in [0.3, 0.4) is 0 Å². The number of hydrogen-bond acceptors (Lipinski definition) is 5. The van der Waals surface area contributed by atoms with Gasteiger partial charge in [0.2, 0.25) is 0 Å². The fourth-order valence-electron chi connectivity index (χ4n) is 3.13. The van der Waals surface area contributed by atoms with Crippen LogP contribution in [0.2, 0.25) is 5.32 Å². The first-order valence-electron chi connectivity index (χ1n) is 8.12. The van der Waals surface area contributed by atoms with Crippen LogP contribution in [-0.2, 0) is 18.9 Å². The van der Waals surface area contributed by atoms with Gasteiger partial charge in [0, 0.05) is 0 Å². The van der Waals surface area contributed by atoms with E-state index < -0.39 is 6.10 Å². The van der Waals surface area contributed by atoms with Crippen LogP contribution in [0.4, 0.5) is 0 Å². The Bertz CT molecular complexity index is 482. The Balaban J connectivity index is 2.11. The maximum absolute atomic E-state index is 9.75. The molecule has 6 heteroatoms. The molecule has 0 aromatic heterocycles. The zero-order valence-electron chi connectivity index (χ0n) is 14.8. The molecule has 0 aliphatic carbocycles. The van der Waals surface area contributed by atoms with E-state index in [-0.39, 0.29) is 37.1 Å². The van der Waals surface area contributed by atoms with Crippen LogP contribution in [0.25, 0.3) is 0 Å². The van der Waals surface area contributed by atoms with Gasteiger partial charge in [-0.2, -0.15) is 0 Å². The Labute approximate surface area is 150 Å². The molecule has 1 aliphatic rings. The quantitative estimate of drug-likeness (QED) is 0.523. The van der Waals surface area contributed by atoms with Gasteiger partial charge in [0.15, 0.2) is 0 Å². The van der Waals surface area contributed by atoms with E-state index in [2.05, 4.69) is 38.1 Å². The minimum atomic E-state index is -0.408. The van der Waals surface area contributed by atoms with E-state index in [1.54, 1.807) is 14.2 Å². The SMILES string of the molecule is COCO[C@@H]1[C@@H](OC)C(C)(C)[C@@H](C[Se]c2ccccc2)O[C@@H]1CO. The minimum absolute atomic E-state index is 0.00204. The zero-order valence-corrected chi connectivity index (χ0v) is 16.5. The van der Waals surface area contributed by atoms with Gasteiger partial charge in [-0.25, -0.2) is 0 Å². The summed E-state index contributed by atoms with van der Waals surface area (Å²) < 4.78 is 24.1. The fraction of sp³-hybridized carbons (Fsp3) is 0.667. The molecule has 5 nitrogen and oxygen atoms in total. The topological polar surface area (TPSA) is 57.2 Å². The van der Waals surface area contributed by atoms with Crippen LogP contribution in [-0.4, -0.2) is 72.1 Å². The van der Waals surface area contributed by atoms with Crippen molar-refractivity contribution >= 4 is 19.4 Å². The number of rotatable bonds is 8. The summed E-state index contributed by atoms with van der Waals surface area (Å²) in [6.45, 7) is 4.34. The molecular formula is C18H28O5Se. The predicted octanol–water partition coefficient (Wildman–Crippen LogP) is 1.22. The van der Waals surface area contributed by atoms with E-state index >= 15 is 0 Å². The molecule has 0 saturated carbocycles. The van der Waals surface area contributed by atoms with Gasteiger partial charge in [0.25, 0.3) is 0 Å². The van der Waals surface area contributed by atoms with E-state index in [1.807, 2.05) is 6.07 Å². The molecule has 0 spiro atoms. The van der Waals surface area contributed by atoms with Crippen LogP contribution in [0, 0.1) is 5.41 Å². The second-order valence-corrected chi connectivity index (χ2v) is 8.78. The second kappa shape index (κ2) is 9.30. The van der Waals surface area contributed by atoms with Crippen molar-refractivity contribution < 1.29 is 24.1 Å². The van der Waals surface area contributed by atoms with E-state index in [0.717, 1.165) is 5.32 Å². The van der Waals surface area contributed by atoms with Gasteiger partial charge in [-0.3, -0.25) is 0 Å². The molecule has 0 bridgehead atoms. The molecular weight excluding hydrogens is 375 g/mol. The Morgan fingerprint density at radius 1 is 1.21 bits per heavy atom. The Morgan fingerprint density at radius 2 is 1.92 bits per heavy atom. The summed E-state index contributed by atoms with van der Waals surface area (Å²) in [6, 6.07) is 10.5. The van der Waals surface area contributed by atoms with Crippen molar-refractivity contribution in [3.63, 3.8) is 0 Å². The van der Waals surface area contributed by atoms with Gasteiger partial charge in [0.1, 0.15) is 0 Å². The number of aliphatic hydroxyl groups is 1. The van der Waals surface area contributed by atoms with Gasteiger partial charge < -0.3 is 0 Å². The van der Waals surface area contributed by atoms with E-state index in [4.69, 9.17) is 18.9 Å². The molecule has 1 aliphatic heterocycles. The Hall–Kier alpha value is -0.461. The van der Waals surface area contributed by atoms with Crippen molar-refractivity contribution in [2.24, 2.45) is 5.41 Å². The molecule has 1 saturated heterocycles. The van der Waals surface area contributed by atoms with E-state index in [9.17, 15) is 5.11 Å². The van der Waals surface area contributed by atoms with Gasteiger partial charge in [-0.05, 0) is 0 Å². The van der Waals surface area contributed by atoms with Crippen molar-refractivity contribution in [1.82, 2.24) is 0 Å². The molecule has 1 heterocycles. The van der Waals surface area contributed by atoms with Crippen molar-refractivity contribution in [3.05, 3.63) is 30.3 Å². The first-order chi connectivity index (χ1) is 11.5. The van der Waals surface area contributed by atoms with Crippen LogP contribution in [0.15, 0.2) is 30.3 Å². The number of ether oxygens (including phenoxy) is 4. The summed E-state index contributed by atoms with van der Waals surface area (Å²) >= 11 is 0.307. The van der Waals surface area contributed by atoms with Gasteiger partial charge in [-0.15, -0.1) is 0 Å². The van der Waals surface area contributed by atoms with Gasteiger partial charge in [0.05, 0.1) is 0 Å². The summed E-state index contributed by atoms with van der Waals surface area (Å²) in [5.74, 6) is 0. The summed E-state index contributed by atoms with van der Waals surface area (Å²) in [4.78, 5) is 0. The van der Waals surface area contributed by atoms with Crippen LogP contribution in [0.1, 0.15) is 13.8 Å². The number of aliphatic hydroxyl groups excluding tert-OH is 1. The molecule has 1 aromatic carbocycles. The third kappa shape index (κ3) is 4.58. The van der Waals surface area contributed by atoms with Crippen molar-refractivity contribution in [1.29, 1.82) is 0 Å². The Kier molecular flexibility index (Phi) is 7.69. The molecule has 0 amide bonds. The third-order valence-corrected chi connectivity index (χ3v) is 6.78. The summed E-state index contributed by atoms with van der Waals surface area (Å²) in [5, 5.41) is 10.7. The summed E-state index contributed by atoms with van der Waals surface area (Å²) in [7, 11) is 3.27. The average molecular weight is 403 g/mol. The Morgan fingerprint density at radius 3 is 2.50 bits per heavy atom. The molecule has 4 atom stereocenters. The van der Waals surface area contributed by atoms with Crippen LogP contribution < -0.4 is 4.46 Å². The predicted molar refractivity (Wildman–Crippen MR) is 93.7 cm³/mol. The van der Waals surface area contributed by atoms with Crippen molar-refractivity contribution in [2.75, 3.05) is 27.6 Å². The first-order valence-corrected chi connectivity index (χ1v) is 10.2. The standard InChI is InChI=1S/C18H28O5Se/c1-18(2)15(11-24-13-8-6-5-7-9-13)23-14(10-19)16(17(18)21-4)22-12-20-3/h5-9,14-17,19H,10-12H2,1-4H3/t14-,15-,16+,17-/m1/s1. The number of hydrogen-bond donors (Lipinski definition) is 1. The van der Waals surface area contributed by atoms with Gasteiger partial charge >= 0.3 is 150 Å². The molecule has 1 N–H and O–H groups in total. The van der Waals surface area contributed by atoms with E-state index in [1.165, 1.54) is 4.46 Å². The van der Waals surface area contributed by atoms with Crippen molar-refractivity contribution in [3.8, 4) is 0 Å². The van der Waals surface area contributed by atoms with Gasteiger partial charge in [-0.1, -0.05) is 0 Å². The molecule has 0 radical (unpaired) electrons. The molecule has 1 aromatic rings. The first kappa shape index (κ1) is 19.9. The number of benzene rings is 1. The molecule has 0 unspecified atom stereocenters. The molecule has 24 heavy (non-hydrogen) atoms. The third-order valence-electron chi connectivity index (χ3n) is 4.52. The zero-order chi connectivity index (χ0) is 17.6. The summed E-state index contributed by atoms with van der Waals surface area (Å²) in [5.41, 5.74) is -0.227. The van der Waals surface area contributed by atoms with Crippen LogP contribution >= 0.6 is 0 Å². The van der Waals surface area contributed by atoms with E-state index in [0.29, 0.717) is 15.0 Å². The average Bonchev–Trinajstić information content (AvgIpc) is 2.59. The second-order valence-electron chi connectivity index (χ2n) is 6.49. The van der Waals surface area contributed by atoms with Crippen LogP contribution in [0.5, 0.6) is 0 Å².